The number of nitrogens with one attached hydrogen (secondary N) is 3. The molecule has 26 heavy (non-hydrogen) atoms. The predicted molar refractivity (Wildman–Crippen MR) is 107 cm³/mol. The molecular formula is C19H29N3O3S. The first-order chi connectivity index (χ1) is 12.5. The lowest BCUT2D eigenvalue weighted by atomic mass is 9.98. The van der Waals surface area contributed by atoms with E-state index < -0.39 is 0 Å². The van der Waals surface area contributed by atoms with Crippen LogP contribution in [0.2, 0.25) is 0 Å². The maximum absolute atomic E-state index is 11.9. The van der Waals surface area contributed by atoms with Crippen molar-refractivity contribution in [3.63, 3.8) is 0 Å². The van der Waals surface area contributed by atoms with Crippen LogP contribution in [-0.2, 0) is 9.59 Å². The second-order valence-electron chi connectivity index (χ2n) is 6.14. The zero-order valence-corrected chi connectivity index (χ0v) is 16.6. The van der Waals surface area contributed by atoms with Crippen LogP contribution in [-0.4, -0.2) is 23.5 Å². The highest BCUT2D eigenvalue weighted by Gasteiger charge is 2.11. The summed E-state index contributed by atoms with van der Waals surface area (Å²) in [5, 5.41) is 2.59. The molecule has 1 rings (SSSR count). The Balaban J connectivity index is 2.35. The van der Waals surface area contributed by atoms with Gasteiger partial charge in [-0.15, -0.1) is 0 Å². The van der Waals surface area contributed by atoms with Crippen molar-refractivity contribution < 1.29 is 14.3 Å². The highest BCUT2D eigenvalue weighted by molar-refractivity contribution is 7.80. The summed E-state index contributed by atoms with van der Waals surface area (Å²) in [5.74, 6) is 0.502. The molecule has 1 atom stereocenters. The van der Waals surface area contributed by atoms with E-state index in [1.165, 1.54) is 0 Å². The van der Waals surface area contributed by atoms with Crippen molar-refractivity contribution in [1.29, 1.82) is 0 Å². The van der Waals surface area contributed by atoms with Gasteiger partial charge in [0.1, 0.15) is 5.75 Å². The summed E-state index contributed by atoms with van der Waals surface area (Å²) < 4.78 is 5.62. The lowest BCUT2D eigenvalue weighted by Gasteiger charge is -2.16. The Bertz CT molecular complexity index is 607. The molecule has 0 aliphatic carbocycles. The van der Waals surface area contributed by atoms with E-state index in [1.807, 2.05) is 24.3 Å². The number of benzene rings is 1. The zero-order chi connectivity index (χ0) is 19.4. The minimum absolute atomic E-state index is 0.0693. The SMILES string of the molecule is CCCCCC(=O)NC(=S)NNC(=O)COc1ccccc1[C@@H](C)CC. The fourth-order valence-corrected chi connectivity index (χ4v) is 2.47. The van der Waals surface area contributed by atoms with Crippen molar-refractivity contribution in [3.8, 4) is 5.75 Å². The van der Waals surface area contributed by atoms with Gasteiger partial charge in [0, 0.05) is 6.42 Å². The molecule has 0 aliphatic heterocycles. The topological polar surface area (TPSA) is 79.5 Å². The number of thiocarbonyl (C=S) groups is 1. The molecular weight excluding hydrogens is 350 g/mol. The predicted octanol–water partition coefficient (Wildman–Crippen LogP) is 3.18. The molecule has 6 nitrogen and oxygen atoms in total. The molecule has 0 radical (unpaired) electrons. The molecule has 0 heterocycles. The van der Waals surface area contributed by atoms with Gasteiger partial charge in [0.15, 0.2) is 11.7 Å². The van der Waals surface area contributed by atoms with Crippen molar-refractivity contribution >= 4 is 29.1 Å². The molecule has 1 aromatic carbocycles. The number of hydrogen-bond acceptors (Lipinski definition) is 4. The number of unbranched alkanes of at least 4 members (excludes halogenated alkanes) is 2. The van der Waals surface area contributed by atoms with Crippen molar-refractivity contribution in [1.82, 2.24) is 16.2 Å². The van der Waals surface area contributed by atoms with Gasteiger partial charge >= 0.3 is 0 Å². The van der Waals surface area contributed by atoms with Crippen LogP contribution in [0.3, 0.4) is 0 Å². The number of carbonyl (C=O) groups excluding carboxylic acids is 2. The van der Waals surface area contributed by atoms with E-state index in [-0.39, 0.29) is 23.5 Å². The van der Waals surface area contributed by atoms with Gasteiger partial charge < -0.3 is 10.1 Å². The Hall–Kier alpha value is -2.15. The Kier molecular flexibility index (Phi) is 10.3. The molecule has 0 unspecified atom stereocenters. The zero-order valence-electron chi connectivity index (χ0n) is 15.8. The molecule has 0 aliphatic rings. The minimum atomic E-state index is -0.383. The Morgan fingerprint density at radius 2 is 1.85 bits per heavy atom. The summed E-state index contributed by atoms with van der Waals surface area (Å²) in [6.45, 7) is 6.15. The van der Waals surface area contributed by atoms with Crippen LogP contribution in [0, 0.1) is 0 Å². The Labute approximate surface area is 161 Å². The molecule has 2 amide bonds. The maximum Gasteiger partial charge on any atom is 0.276 e. The summed E-state index contributed by atoms with van der Waals surface area (Å²) in [6, 6.07) is 7.68. The Morgan fingerprint density at radius 1 is 1.12 bits per heavy atom. The molecule has 0 spiro atoms. The lowest BCUT2D eigenvalue weighted by molar-refractivity contribution is -0.124. The largest absolute Gasteiger partial charge is 0.483 e. The highest BCUT2D eigenvalue weighted by atomic mass is 32.1. The van der Waals surface area contributed by atoms with Crippen LogP contribution in [0.5, 0.6) is 5.75 Å². The van der Waals surface area contributed by atoms with Crippen molar-refractivity contribution in [2.45, 2.75) is 58.8 Å². The van der Waals surface area contributed by atoms with Crippen molar-refractivity contribution in [2.24, 2.45) is 0 Å². The van der Waals surface area contributed by atoms with E-state index in [9.17, 15) is 9.59 Å². The van der Waals surface area contributed by atoms with Crippen molar-refractivity contribution in [3.05, 3.63) is 29.8 Å². The van der Waals surface area contributed by atoms with Gasteiger partial charge in [-0.3, -0.25) is 20.4 Å². The molecule has 7 heteroatoms. The number of carbonyl (C=O) groups is 2. The van der Waals surface area contributed by atoms with Gasteiger partial charge in [-0.2, -0.15) is 0 Å². The van der Waals surface area contributed by atoms with E-state index >= 15 is 0 Å². The Morgan fingerprint density at radius 3 is 2.54 bits per heavy atom. The first kappa shape index (κ1) is 21.9. The van der Waals surface area contributed by atoms with Gasteiger partial charge in [-0.1, -0.05) is 51.8 Å². The van der Waals surface area contributed by atoms with E-state index in [1.54, 1.807) is 0 Å². The minimum Gasteiger partial charge on any atom is -0.483 e. The van der Waals surface area contributed by atoms with Crippen LogP contribution >= 0.6 is 12.2 Å². The lowest BCUT2D eigenvalue weighted by Crippen LogP contribution is -2.49. The molecule has 0 bridgehead atoms. The summed E-state index contributed by atoms with van der Waals surface area (Å²) >= 11 is 4.98. The van der Waals surface area contributed by atoms with Crippen LogP contribution in [0.15, 0.2) is 24.3 Å². The fourth-order valence-electron chi connectivity index (χ4n) is 2.30. The number of para-hydroxylation sites is 1. The third-order valence-corrected chi connectivity index (χ3v) is 4.20. The van der Waals surface area contributed by atoms with Crippen LogP contribution in [0.1, 0.15) is 64.4 Å². The molecule has 0 fully saturated rings. The third kappa shape index (κ3) is 8.29. The average Bonchev–Trinajstić information content (AvgIpc) is 2.64. The van der Waals surface area contributed by atoms with E-state index in [4.69, 9.17) is 17.0 Å². The van der Waals surface area contributed by atoms with Gasteiger partial charge in [0.25, 0.3) is 5.91 Å². The number of rotatable bonds is 9. The maximum atomic E-state index is 11.9. The fraction of sp³-hybridized carbons (Fsp3) is 0.526. The number of hydrazine groups is 1. The smallest absolute Gasteiger partial charge is 0.276 e. The average molecular weight is 380 g/mol. The van der Waals surface area contributed by atoms with Crippen LogP contribution in [0.25, 0.3) is 0 Å². The molecule has 1 aromatic rings. The van der Waals surface area contributed by atoms with E-state index in [2.05, 4.69) is 36.9 Å². The summed E-state index contributed by atoms with van der Waals surface area (Å²) in [5.41, 5.74) is 6.00. The second-order valence-corrected chi connectivity index (χ2v) is 6.55. The van der Waals surface area contributed by atoms with Gasteiger partial charge in [-0.25, -0.2) is 0 Å². The first-order valence-electron chi connectivity index (χ1n) is 9.08. The van der Waals surface area contributed by atoms with Gasteiger partial charge in [0.05, 0.1) is 0 Å². The summed E-state index contributed by atoms with van der Waals surface area (Å²) in [7, 11) is 0. The molecule has 0 saturated heterocycles. The van der Waals surface area contributed by atoms with Crippen LogP contribution in [0.4, 0.5) is 0 Å². The van der Waals surface area contributed by atoms with Gasteiger partial charge in [-0.05, 0) is 42.6 Å². The number of ether oxygens (including phenoxy) is 1. The standard InChI is InChI=1S/C19H29N3O3S/c1-4-6-7-12-17(23)20-19(26)22-21-18(24)13-25-16-11-9-8-10-15(16)14(3)5-2/h8-11,14H,4-7,12-13H2,1-3H3,(H,21,24)(H2,20,22,23,26)/t14-/m0/s1. The quantitative estimate of drug-likeness (QED) is 0.349. The van der Waals surface area contributed by atoms with E-state index in [0.29, 0.717) is 18.1 Å². The van der Waals surface area contributed by atoms with Crippen LogP contribution < -0.4 is 20.9 Å². The normalized spacial score (nSPS) is 11.3. The summed E-state index contributed by atoms with van der Waals surface area (Å²) in [4.78, 5) is 23.5. The molecule has 3 N–H and O–H groups in total. The number of amides is 2. The molecule has 0 saturated carbocycles. The van der Waals surface area contributed by atoms with Crippen molar-refractivity contribution in [2.75, 3.05) is 6.61 Å². The highest BCUT2D eigenvalue weighted by Crippen LogP contribution is 2.28. The molecule has 144 valence electrons. The monoisotopic (exact) mass is 379 g/mol. The van der Waals surface area contributed by atoms with Gasteiger partial charge in [0.2, 0.25) is 5.91 Å². The number of hydrogen-bond donors (Lipinski definition) is 3. The molecule has 0 aromatic heterocycles. The third-order valence-electron chi connectivity index (χ3n) is 4.00. The first-order valence-corrected chi connectivity index (χ1v) is 9.49. The summed E-state index contributed by atoms with van der Waals surface area (Å²) in [6.07, 6.45) is 4.27. The van der Waals surface area contributed by atoms with E-state index in [0.717, 1.165) is 31.2 Å². The second kappa shape index (κ2) is 12.2.